The molecule has 0 bridgehead atoms. The van der Waals surface area contributed by atoms with Crippen molar-refractivity contribution >= 4 is 11.6 Å². The molecule has 0 heterocycles. The summed E-state index contributed by atoms with van der Waals surface area (Å²) in [6, 6.07) is 0. The topological polar surface area (TPSA) is 40.5 Å². The van der Waals surface area contributed by atoms with Crippen molar-refractivity contribution in [1.29, 1.82) is 0 Å². The first-order chi connectivity index (χ1) is 5.20. The SMILES string of the molecule is CC(Cl)C=C(CCO)CCO. The smallest absolute Gasteiger partial charge is 0.0490 e. The summed E-state index contributed by atoms with van der Waals surface area (Å²) < 4.78 is 0. The number of aliphatic hydroxyl groups is 2. The Bertz CT molecular complexity index is 113. The van der Waals surface area contributed by atoms with Gasteiger partial charge in [-0.1, -0.05) is 11.6 Å². The summed E-state index contributed by atoms with van der Waals surface area (Å²) in [5.74, 6) is 0. The van der Waals surface area contributed by atoms with Gasteiger partial charge in [-0.3, -0.25) is 0 Å². The molecule has 0 fully saturated rings. The van der Waals surface area contributed by atoms with E-state index in [2.05, 4.69) is 0 Å². The maximum Gasteiger partial charge on any atom is 0.0490 e. The van der Waals surface area contributed by atoms with Crippen LogP contribution in [0.1, 0.15) is 19.8 Å². The number of halogens is 1. The van der Waals surface area contributed by atoms with Crippen LogP contribution in [0.25, 0.3) is 0 Å². The van der Waals surface area contributed by atoms with E-state index in [4.69, 9.17) is 21.8 Å². The van der Waals surface area contributed by atoms with E-state index in [0.29, 0.717) is 12.8 Å². The van der Waals surface area contributed by atoms with Crippen LogP contribution in [0.3, 0.4) is 0 Å². The first-order valence-electron chi connectivity index (χ1n) is 3.76. The van der Waals surface area contributed by atoms with E-state index in [1.54, 1.807) is 0 Å². The Balaban J connectivity index is 3.86. The molecule has 0 aliphatic rings. The van der Waals surface area contributed by atoms with Crippen LogP contribution in [0.15, 0.2) is 11.6 Å². The van der Waals surface area contributed by atoms with Crippen molar-refractivity contribution in [3.8, 4) is 0 Å². The highest BCUT2D eigenvalue weighted by atomic mass is 35.5. The molecule has 0 aliphatic carbocycles. The lowest BCUT2D eigenvalue weighted by Crippen LogP contribution is -1.96. The minimum Gasteiger partial charge on any atom is -0.396 e. The fourth-order valence-electron chi connectivity index (χ4n) is 0.904. The molecular formula is C8H15ClO2. The predicted octanol–water partition coefficient (Wildman–Crippen LogP) is 1.30. The van der Waals surface area contributed by atoms with Gasteiger partial charge in [0.15, 0.2) is 0 Å². The van der Waals surface area contributed by atoms with Crippen molar-refractivity contribution in [3.63, 3.8) is 0 Å². The lowest BCUT2D eigenvalue weighted by atomic mass is 10.1. The summed E-state index contributed by atoms with van der Waals surface area (Å²) in [5.41, 5.74) is 1.03. The van der Waals surface area contributed by atoms with Gasteiger partial charge >= 0.3 is 0 Å². The van der Waals surface area contributed by atoms with Crippen LogP contribution in [-0.2, 0) is 0 Å². The van der Waals surface area contributed by atoms with Crippen molar-refractivity contribution in [1.82, 2.24) is 0 Å². The lowest BCUT2D eigenvalue weighted by molar-refractivity contribution is 0.280. The maximum atomic E-state index is 8.61. The van der Waals surface area contributed by atoms with Crippen LogP contribution in [0.5, 0.6) is 0 Å². The predicted molar refractivity (Wildman–Crippen MR) is 46.8 cm³/mol. The van der Waals surface area contributed by atoms with Gasteiger partial charge in [0, 0.05) is 18.6 Å². The highest BCUT2D eigenvalue weighted by Crippen LogP contribution is 2.09. The summed E-state index contributed by atoms with van der Waals surface area (Å²) in [6.07, 6.45) is 3.09. The summed E-state index contributed by atoms with van der Waals surface area (Å²) in [4.78, 5) is 0. The van der Waals surface area contributed by atoms with Crippen molar-refractivity contribution in [3.05, 3.63) is 11.6 Å². The number of hydrogen-bond acceptors (Lipinski definition) is 2. The van der Waals surface area contributed by atoms with Crippen LogP contribution in [0.2, 0.25) is 0 Å². The van der Waals surface area contributed by atoms with Gasteiger partial charge in [-0.15, -0.1) is 11.6 Å². The summed E-state index contributed by atoms with van der Waals surface area (Å²) in [6.45, 7) is 2.10. The van der Waals surface area contributed by atoms with Crippen LogP contribution < -0.4 is 0 Å². The molecule has 0 aromatic rings. The van der Waals surface area contributed by atoms with E-state index in [1.165, 1.54) is 0 Å². The Kier molecular flexibility index (Phi) is 6.62. The van der Waals surface area contributed by atoms with Crippen molar-refractivity contribution in [2.24, 2.45) is 0 Å². The van der Waals surface area contributed by atoms with Gasteiger partial charge in [0.05, 0.1) is 0 Å². The third kappa shape index (κ3) is 6.35. The molecule has 11 heavy (non-hydrogen) atoms. The zero-order valence-electron chi connectivity index (χ0n) is 6.76. The first kappa shape index (κ1) is 11.0. The molecule has 0 aliphatic heterocycles. The first-order valence-corrected chi connectivity index (χ1v) is 4.19. The van der Waals surface area contributed by atoms with Gasteiger partial charge in [0.25, 0.3) is 0 Å². The number of alkyl halides is 1. The second-order valence-electron chi connectivity index (χ2n) is 2.45. The quantitative estimate of drug-likeness (QED) is 0.492. The minimum absolute atomic E-state index is 0.0249. The number of rotatable bonds is 5. The van der Waals surface area contributed by atoms with Crippen molar-refractivity contribution in [2.75, 3.05) is 13.2 Å². The standard InChI is InChI=1S/C8H15ClO2/c1-7(9)6-8(2-4-10)3-5-11/h6-7,10-11H,2-5H2,1H3. The average Bonchev–Trinajstić information content (AvgIpc) is 1.87. The molecule has 2 nitrogen and oxygen atoms in total. The molecule has 0 aromatic heterocycles. The summed E-state index contributed by atoms with van der Waals surface area (Å²) >= 11 is 5.70. The molecular weight excluding hydrogens is 164 g/mol. The fourth-order valence-corrected chi connectivity index (χ4v) is 1.08. The average molecular weight is 179 g/mol. The van der Waals surface area contributed by atoms with Crippen LogP contribution in [0, 0.1) is 0 Å². The van der Waals surface area contributed by atoms with Gasteiger partial charge in [-0.2, -0.15) is 0 Å². The Hall–Kier alpha value is -0.0500. The molecule has 0 amide bonds. The third-order valence-electron chi connectivity index (χ3n) is 1.33. The van der Waals surface area contributed by atoms with E-state index in [0.717, 1.165) is 5.57 Å². The molecule has 1 unspecified atom stereocenters. The monoisotopic (exact) mass is 178 g/mol. The second-order valence-corrected chi connectivity index (χ2v) is 3.14. The summed E-state index contributed by atoms with van der Waals surface area (Å²) in [7, 11) is 0. The highest BCUT2D eigenvalue weighted by molar-refractivity contribution is 6.21. The zero-order chi connectivity index (χ0) is 8.69. The largest absolute Gasteiger partial charge is 0.396 e. The van der Waals surface area contributed by atoms with Crippen molar-refractivity contribution in [2.45, 2.75) is 25.1 Å². The maximum absolute atomic E-state index is 8.61. The lowest BCUT2D eigenvalue weighted by Gasteiger charge is -2.04. The molecule has 0 aromatic carbocycles. The van der Waals surface area contributed by atoms with Crippen LogP contribution in [-0.4, -0.2) is 28.8 Å². The second kappa shape index (κ2) is 6.65. The van der Waals surface area contributed by atoms with Crippen LogP contribution in [0.4, 0.5) is 0 Å². The van der Waals surface area contributed by atoms with Gasteiger partial charge in [0.1, 0.15) is 0 Å². The Morgan fingerprint density at radius 2 is 1.82 bits per heavy atom. The number of allylic oxidation sites excluding steroid dienone is 1. The van der Waals surface area contributed by atoms with E-state index < -0.39 is 0 Å². The van der Waals surface area contributed by atoms with Crippen molar-refractivity contribution < 1.29 is 10.2 Å². The normalized spacial score (nSPS) is 12.7. The summed E-state index contributed by atoms with van der Waals surface area (Å²) in [5, 5.41) is 17.2. The Labute approximate surface area is 72.5 Å². The molecule has 0 saturated heterocycles. The highest BCUT2D eigenvalue weighted by Gasteiger charge is 1.98. The number of hydrogen-bond donors (Lipinski definition) is 2. The van der Waals surface area contributed by atoms with Gasteiger partial charge < -0.3 is 10.2 Å². The molecule has 0 radical (unpaired) electrons. The molecule has 3 heteroatoms. The molecule has 0 saturated carbocycles. The third-order valence-corrected chi connectivity index (χ3v) is 1.46. The zero-order valence-corrected chi connectivity index (χ0v) is 7.51. The van der Waals surface area contributed by atoms with E-state index in [9.17, 15) is 0 Å². The number of aliphatic hydroxyl groups excluding tert-OH is 2. The Morgan fingerprint density at radius 1 is 1.36 bits per heavy atom. The Morgan fingerprint density at radius 3 is 2.09 bits per heavy atom. The minimum atomic E-state index is -0.0249. The fraction of sp³-hybridized carbons (Fsp3) is 0.750. The molecule has 1 atom stereocenters. The molecule has 0 spiro atoms. The molecule has 0 rings (SSSR count). The van der Waals surface area contributed by atoms with Gasteiger partial charge in [0.2, 0.25) is 0 Å². The van der Waals surface area contributed by atoms with Gasteiger partial charge in [-0.05, 0) is 19.8 Å². The van der Waals surface area contributed by atoms with Gasteiger partial charge in [-0.25, -0.2) is 0 Å². The van der Waals surface area contributed by atoms with Crippen LogP contribution >= 0.6 is 11.6 Å². The van der Waals surface area contributed by atoms with E-state index >= 15 is 0 Å². The molecule has 66 valence electrons. The van der Waals surface area contributed by atoms with E-state index in [-0.39, 0.29) is 18.6 Å². The van der Waals surface area contributed by atoms with E-state index in [1.807, 2.05) is 13.0 Å². The molecule has 2 N–H and O–H groups in total.